The maximum atomic E-state index is 3.67. The molecule has 1 unspecified atom stereocenters. The molecule has 0 heterocycles. The zero-order valence-electron chi connectivity index (χ0n) is 13.2. The number of nitrogens with one attached hydrogen (secondary N) is 1. The Morgan fingerprint density at radius 2 is 1.41 bits per heavy atom. The van der Waals surface area contributed by atoms with Gasteiger partial charge in [-0.2, -0.15) is 0 Å². The molecule has 1 nitrogen and oxygen atoms in total. The highest BCUT2D eigenvalue weighted by molar-refractivity contribution is 4.80. The Labute approximate surface area is 110 Å². The van der Waals surface area contributed by atoms with Crippen molar-refractivity contribution < 1.29 is 0 Å². The molecule has 0 aromatic carbocycles. The van der Waals surface area contributed by atoms with Crippen LogP contribution in [0.5, 0.6) is 0 Å². The van der Waals surface area contributed by atoms with E-state index in [9.17, 15) is 0 Å². The Hall–Kier alpha value is -0.0400. The van der Waals surface area contributed by atoms with Crippen LogP contribution in [0.1, 0.15) is 86.5 Å². The van der Waals surface area contributed by atoms with E-state index in [4.69, 9.17) is 0 Å². The highest BCUT2D eigenvalue weighted by atomic mass is 15.0. The molecule has 0 rings (SSSR count). The zero-order chi connectivity index (χ0) is 13.4. The lowest BCUT2D eigenvalue weighted by Crippen LogP contribution is -2.42. The quantitative estimate of drug-likeness (QED) is 0.550. The predicted molar refractivity (Wildman–Crippen MR) is 79.5 cm³/mol. The van der Waals surface area contributed by atoms with Crippen LogP contribution in [-0.2, 0) is 0 Å². The van der Waals surface area contributed by atoms with Crippen molar-refractivity contribution in [2.75, 3.05) is 6.54 Å². The normalized spacial score (nSPS) is 15.9. The fourth-order valence-corrected chi connectivity index (χ4v) is 2.02. The second-order valence-electron chi connectivity index (χ2n) is 6.93. The first kappa shape index (κ1) is 17.0. The van der Waals surface area contributed by atoms with Gasteiger partial charge in [-0.15, -0.1) is 0 Å². The van der Waals surface area contributed by atoms with Crippen LogP contribution in [0.4, 0.5) is 0 Å². The van der Waals surface area contributed by atoms with Gasteiger partial charge < -0.3 is 5.32 Å². The Balaban J connectivity index is 3.85. The van der Waals surface area contributed by atoms with Crippen molar-refractivity contribution in [3.8, 4) is 0 Å². The largest absolute Gasteiger partial charge is 0.312 e. The van der Waals surface area contributed by atoms with Crippen LogP contribution in [-0.4, -0.2) is 12.1 Å². The second-order valence-corrected chi connectivity index (χ2v) is 6.93. The van der Waals surface area contributed by atoms with E-state index in [0.29, 0.717) is 5.41 Å². The van der Waals surface area contributed by atoms with Gasteiger partial charge in [0.15, 0.2) is 0 Å². The van der Waals surface area contributed by atoms with Crippen LogP contribution in [0.2, 0.25) is 0 Å². The van der Waals surface area contributed by atoms with Gasteiger partial charge in [0.05, 0.1) is 0 Å². The van der Waals surface area contributed by atoms with E-state index < -0.39 is 0 Å². The highest BCUT2D eigenvalue weighted by Gasteiger charge is 2.23. The minimum atomic E-state index is 0.249. The van der Waals surface area contributed by atoms with E-state index >= 15 is 0 Å². The molecule has 0 amide bonds. The van der Waals surface area contributed by atoms with Crippen LogP contribution >= 0.6 is 0 Å². The topological polar surface area (TPSA) is 12.0 Å². The Bertz CT molecular complexity index is 180. The molecule has 0 radical (unpaired) electrons. The van der Waals surface area contributed by atoms with Crippen LogP contribution in [0.25, 0.3) is 0 Å². The average Bonchev–Trinajstić information content (AvgIpc) is 2.25. The smallest absolute Gasteiger partial charge is 0.00967 e. The molecule has 0 saturated heterocycles. The minimum absolute atomic E-state index is 0.249. The molecule has 0 fully saturated rings. The molecule has 0 bridgehead atoms. The molecular formula is C16H35N. The van der Waals surface area contributed by atoms with Crippen molar-refractivity contribution in [1.82, 2.24) is 5.32 Å². The van der Waals surface area contributed by atoms with Crippen molar-refractivity contribution >= 4 is 0 Å². The summed E-state index contributed by atoms with van der Waals surface area (Å²) in [6, 6.07) is 0. The van der Waals surface area contributed by atoms with E-state index in [2.05, 4.69) is 46.9 Å². The van der Waals surface area contributed by atoms with E-state index in [0.717, 1.165) is 6.54 Å². The summed E-state index contributed by atoms with van der Waals surface area (Å²) in [6.07, 6.45) is 9.64. The van der Waals surface area contributed by atoms with E-state index in [1.165, 1.54) is 44.9 Å². The number of hydrogen-bond donors (Lipinski definition) is 1. The molecule has 17 heavy (non-hydrogen) atoms. The first-order chi connectivity index (χ1) is 7.83. The molecule has 0 aliphatic carbocycles. The summed E-state index contributed by atoms with van der Waals surface area (Å²) in [6.45, 7) is 15.0. The summed E-state index contributed by atoms with van der Waals surface area (Å²) in [5.74, 6) is 0. The first-order valence-corrected chi connectivity index (χ1v) is 7.58. The molecule has 1 N–H and O–H groups in total. The maximum Gasteiger partial charge on any atom is 0.00967 e. The van der Waals surface area contributed by atoms with Gasteiger partial charge in [0.2, 0.25) is 0 Å². The average molecular weight is 241 g/mol. The molecule has 0 spiro atoms. The molecule has 0 aromatic rings. The third kappa shape index (κ3) is 9.64. The van der Waals surface area contributed by atoms with Crippen LogP contribution in [0, 0.1) is 5.41 Å². The first-order valence-electron chi connectivity index (χ1n) is 7.58. The fourth-order valence-electron chi connectivity index (χ4n) is 2.02. The minimum Gasteiger partial charge on any atom is -0.312 e. The van der Waals surface area contributed by atoms with Crippen molar-refractivity contribution in [2.45, 2.75) is 92.0 Å². The maximum absolute atomic E-state index is 3.67. The summed E-state index contributed by atoms with van der Waals surface area (Å²) in [7, 11) is 0. The van der Waals surface area contributed by atoms with E-state index in [-0.39, 0.29) is 5.54 Å². The van der Waals surface area contributed by atoms with Crippen molar-refractivity contribution in [3.05, 3.63) is 0 Å². The summed E-state index contributed by atoms with van der Waals surface area (Å²) in [4.78, 5) is 0. The third-order valence-corrected chi connectivity index (χ3v) is 3.78. The van der Waals surface area contributed by atoms with Crippen LogP contribution in [0.3, 0.4) is 0 Å². The lowest BCUT2D eigenvalue weighted by molar-refractivity contribution is 0.231. The van der Waals surface area contributed by atoms with E-state index in [1.54, 1.807) is 0 Å². The van der Waals surface area contributed by atoms with Crippen LogP contribution < -0.4 is 5.32 Å². The lowest BCUT2D eigenvalue weighted by atomic mass is 9.81. The van der Waals surface area contributed by atoms with Gasteiger partial charge in [-0.05, 0) is 39.0 Å². The zero-order valence-corrected chi connectivity index (χ0v) is 13.2. The third-order valence-electron chi connectivity index (χ3n) is 3.78. The molecule has 0 aromatic heterocycles. The molecule has 0 aliphatic heterocycles. The predicted octanol–water partition coefficient (Wildman–Crippen LogP) is 5.15. The van der Waals surface area contributed by atoms with Gasteiger partial charge in [0.1, 0.15) is 0 Å². The highest BCUT2D eigenvalue weighted by Crippen LogP contribution is 2.28. The SMILES string of the molecule is CCCCCCCC(C)(CC)CNC(C)(C)C. The second kappa shape index (κ2) is 8.13. The van der Waals surface area contributed by atoms with Crippen LogP contribution in [0.15, 0.2) is 0 Å². The molecule has 0 saturated carbocycles. The van der Waals surface area contributed by atoms with Gasteiger partial charge in [0, 0.05) is 12.1 Å². The molecule has 104 valence electrons. The summed E-state index contributed by atoms with van der Waals surface area (Å²) in [5.41, 5.74) is 0.734. The molecule has 1 atom stereocenters. The molecule has 1 heteroatoms. The Morgan fingerprint density at radius 1 is 0.824 bits per heavy atom. The van der Waals surface area contributed by atoms with Gasteiger partial charge in [0.25, 0.3) is 0 Å². The van der Waals surface area contributed by atoms with Crippen molar-refractivity contribution in [1.29, 1.82) is 0 Å². The number of rotatable bonds is 9. The monoisotopic (exact) mass is 241 g/mol. The number of unbranched alkanes of at least 4 members (excludes halogenated alkanes) is 4. The van der Waals surface area contributed by atoms with Crippen molar-refractivity contribution in [3.63, 3.8) is 0 Å². The van der Waals surface area contributed by atoms with Gasteiger partial charge in [-0.1, -0.05) is 52.9 Å². The standard InChI is InChI=1S/C16H35N/c1-7-9-10-11-12-13-16(6,8-2)14-17-15(3,4)5/h17H,7-14H2,1-6H3. The molecular weight excluding hydrogens is 206 g/mol. The van der Waals surface area contributed by atoms with Gasteiger partial charge in [-0.25, -0.2) is 0 Å². The summed E-state index contributed by atoms with van der Waals surface area (Å²) in [5, 5.41) is 3.67. The molecule has 0 aliphatic rings. The summed E-state index contributed by atoms with van der Waals surface area (Å²) < 4.78 is 0. The fraction of sp³-hybridized carbons (Fsp3) is 1.00. The Morgan fingerprint density at radius 3 is 1.88 bits per heavy atom. The Kier molecular flexibility index (Phi) is 8.11. The lowest BCUT2D eigenvalue weighted by Gasteiger charge is -2.33. The van der Waals surface area contributed by atoms with Crippen molar-refractivity contribution in [2.24, 2.45) is 5.41 Å². The number of hydrogen-bond acceptors (Lipinski definition) is 1. The van der Waals surface area contributed by atoms with E-state index in [1.807, 2.05) is 0 Å². The van der Waals surface area contributed by atoms with Gasteiger partial charge >= 0.3 is 0 Å². The van der Waals surface area contributed by atoms with Gasteiger partial charge in [-0.3, -0.25) is 0 Å². The summed E-state index contributed by atoms with van der Waals surface area (Å²) >= 11 is 0.